The number of carboxylic acids is 1. The Morgan fingerprint density at radius 2 is 1.74 bits per heavy atom. The maximum absolute atomic E-state index is 13.6. The molecule has 2 N–H and O–H groups in total. The Morgan fingerprint density at radius 1 is 1.00 bits per heavy atom. The van der Waals surface area contributed by atoms with Crippen molar-refractivity contribution in [3.63, 3.8) is 0 Å². The second kappa shape index (κ2) is 14.4. The Bertz CT molecular complexity index is 1100. The van der Waals surface area contributed by atoms with Crippen LogP contribution >= 0.6 is 0 Å². The Balaban J connectivity index is 1.28. The molecular weight excluding hydrogens is 499 g/mol. The number of rotatable bonds is 11. The molecule has 0 bridgehead atoms. The summed E-state index contributed by atoms with van der Waals surface area (Å²) >= 11 is 0. The maximum atomic E-state index is 13.6. The minimum Gasteiger partial charge on any atom is -0.478 e. The van der Waals surface area contributed by atoms with Crippen LogP contribution in [0.5, 0.6) is 0 Å². The maximum Gasteiger partial charge on any atom is 0.336 e. The largest absolute Gasteiger partial charge is 0.478 e. The highest BCUT2D eigenvalue weighted by Gasteiger charge is 2.26. The summed E-state index contributed by atoms with van der Waals surface area (Å²) < 4.78 is 26.0. The number of carbonyl (C=O) groups is 2. The molecule has 2 saturated carbocycles. The summed E-state index contributed by atoms with van der Waals surface area (Å²) in [5.41, 5.74) is 2.18. The SMILES string of the molecule is Cc1cccc(CO[C@H]2CCC[C@@H](OCCN(CC3CCCCC3)C(=O)Nc3cccc(F)c3)C2)c1C(=O)O. The minimum atomic E-state index is -0.934. The van der Waals surface area contributed by atoms with E-state index in [2.05, 4.69) is 5.32 Å². The van der Waals surface area contributed by atoms with Gasteiger partial charge < -0.3 is 24.8 Å². The summed E-state index contributed by atoms with van der Waals surface area (Å²) in [6.45, 7) is 3.61. The number of aryl methyl sites for hydroxylation is 1. The van der Waals surface area contributed by atoms with Crippen LogP contribution in [0.15, 0.2) is 42.5 Å². The predicted octanol–water partition coefficient (Wildman–Crippen LogP) is 6.79. The molecule has 0 heterocycles. The average molecular weight is 541 g/mol. The summed E-state index contributed by atoms with van der Waals surface area (Å²) in [4.78, 5) is 26.6. The van der Waals surface area contributed by atoms with E-state index in [9.17, 15) is 19.1 Å². The number of urea groups is 1. The van der Waals surface area contributed by atoms with E-state index in [1.54, 1.807) is 25.1 Å². The fraction of sp³-hybridized carbons (Fsp3) is 0.548. The number of hydrogen-bond donors (Lipinski definition) is 2. The lowest BCUT2D eigenvalue weighted by molar-refractivity contribution is -0.0526. The lowest BCUT2D eigenvalue weighted by atomic mass is 9.89. The van der Waals surface area contributed by atoms with Crippen molar-refractivity contribution in [1.29, 1.82) is 0 Å². The number of halogens is 1. The number of benzene rings is 2. The van der Waals surface area contributed by atoms with E-state index < -0.39 is 5.97 Å². The summed E-state index contributed by atoms with van der Waals surface area (Å²) in [6.07, 6.45) is 9.48. The monoisotopic (exact) mass is 540 g/mol. The molecular formula is C31H41FN2O5. The van der Waals surface area contributed by atoms with E-state index in [-0.39, 0.29) is 30.7 Å². The average Bonchev–Trinajstić information content (AvgIpc) is 2.92. The summed E-state index contributed by atoms with van der Waals surface area (Å²) in [6, 6.07) is 11.2. The van der Waals surface area contributed by atoms with Gasteiger partial charge in [0, 0.05) is 18.8 Å². The number of aromatic carboxylic acids is 1. The quantitative estimate of drug-likeness (QED) is 0.328. The van der Waals surface area contributed by atoms with Crippen molar-refractivity contribution >= 4 is 17.7 Å². The van der Waals surface area contributed by atoms with E-state index >= 15 is 0 Å². The molecule has 0 aliphatic heterocycles. The summed E-state index contributed by atoms with van der Waals surface area (Å²) in [7, 11) is 0. The third kappa shape index (κ3) is 8.77. The normalized spacial score (nSPS) is 19.9. The summed E-state index contributed by atoms with van der Waals surface area (Å²) in [5.74, 6) is -0.844. The number of carbonyl (C=O) groups excluding carboxylic acids is 1. The van der Waals surface area contributed by atoms with Gasteiger partial charge in [-0.3, -0.25) is 0 Å². The highest BCUT2D eigenvalue weighted by molar-refractivity contribution is 5.91. The molecule has 2 aromatic carbocycles. The van der Waals surface area contributed by atoms with Gasteiger partial charge in [0.25, 0.3) is 0 Å². The van der Waals surface area contributed by atoms with Gasteiger partial charge in [0.05, 0.1) is 31.0 Å². The fourth-order valence-corrected chi connectivity index (χ4v) is 5.82. The number of amides is 2. The topological polar surface area (TPSA) is 88.1 Å². The number of nitrogens with one attached hydrogen (secondary N) is 1. The lowest BCUT2D eigenvalue weighted by Crippen LogP contribution is -2.41. The van der Waals surface area contributed by atoms with Gasteiger partial charge in [-0.25, -0.2) is 14.0 Å². The third-order valence-electron chi connectivity index (χ3n) is 7.91. The Hall–Kier alpha value is -2.97. The van der Waals surface area contributed by atoms with Gasteiger partial charge in [-0.05, 0) is 80.7 Å². The van der Waals surface area contributed by atoms with Crippen molar-refractivity contribution in [2.75, 3.05) is 25.0 Å². The smallest absolute Gasteiger partial charge is 0.336 e. The predicted molar refractivity (Wildman–Crippen MR) is 148 cm³/mol. The zero-order valence-corrected chi connectivity index (χ0v) is 22.9. The molecule has 2 aliphatic rings. The second-order valence-electron chi connectivity index (χ2n) is 10.9. The van der Waals surface area contributed by atoms with Crippen LogP contribution in [0.3, 0.4) is 0 Å². The molecule has 8 heteroatoms. The van der Waals surface area contributed by atoms with Gasteiger partial charge in [0.15, 0.2) is 0 Å². The molecule has 39 heavy (non-hydrogen) atoms. The van der Waals surface area contributed by atoms with E-state index in [0.29, 0.717) is 42.4 Å². The fourth-order valence-electron chi connectivity index (χ4n) is 5.82. The first kappa shape index (κ1) is 29.0. The van der Waals surface area contributed by atoms with Crippen LogP contribution in [-0.2, 0) is 16.1 Å². The van der Waals surface area contributed by atoms with Crippen LogP contribution in [0.25, 0.3) is 0 Å². The van der Waals surface area contributed by atoms with Crippen molar-refractivity contribution in [2.45, 2.75) is 83.5 Å². The Morgan fingerprint density at radius 3 is 2.49 bits per heavy atom. The number of carboxylic acid groups (broad SMARTS) is 1. The molecule has 0 unspecified atom stereocenters. The highest BCUT2D eigenvalue weighted by Crippen LogP contribution is 2.27. The number of ether oxygens (including phenoxy) is 2. The van der Waals surface area contributed by atoms with E-state index in [4.69, 9.17) is 9.47 Å². The van der Waals surface area contributed by atoms with Crippen LogP contribution in [0.4, 0.5) is 14.9 Å². The molecule has 2 fully saturated rings. The van der Waals surface area contributed by atoms with Gasteiger partial charge in [-0.1, -0.05) is 43.5 Å². The van der Waals surface area contributed by atoms with Crippen molar-refractivity contribution in [3.05, 3.63) is 65.0 Å². The van der Waals surface area contributed by atoms with Crippen LogP contribution in [0, 0.1) is 18.7 Å². The molecule has 2 aliphatic carbocycles. The van der Waals surface area contributed by atoms with Crippen LogP contribution in [0.1, 0.15) is 79.3 Å². The van der Waals surface area contributed by atoms with Crippen molar-refractivity contribution in [3.8, 4) is 0 Å². The van der Waals surface area contributed by atoms with E-state index in [1.165, 1.54) is 31.4 Å². The van der Waals surface area contributed by atoms with Gasteiger partial charge in [-0.15, -0.1) is 0 Å². The number of anilines is 1. The van der Waals surface area contributed by atoms with E-state index in [0.717, 1.165) is 44.1 Å². The first-order chi connectivity index (χ1) is 18.9. The zero-order valence-electron chi connectivity index (χ0n) is 22.9. The Labute approximate surface area is 230 Å². The van der Waals surface area contributed by atoms with Crippen molar-refractivity contribution in [1.82, 2.24) is 4.90 Å². The van der Waals surface area contributed by atoms with Gasteiger partial charge >= 0.3 is 12.0 Å². The van der Waals surface area contributed by atoms with Crippen LogP contribution in [0.2, 0.25) is 0 Å². The molecule has 0 radical (unpaired) electrons. The zero-order chi connectivity index (χ0) is 27.6. The van der Waals surface area contributed by atoms with Gasteiger partial charge in [0.1, 0.15) is 5.82 Å². The van der Waals surface area contributed by atoms with Crippen molar-refractivity contribution in [2.24, 2.45) is 5.92 Å². The molecule has 7 nitrogen and oxygen atoms in total. The van der Waals surface area contributed by atoms with Crippen LogP contribution < -0.4 is 5.32 Å². The van der Waals surface area contributed by atoms with Gasteiger partial charge in [-0.2, -0.15) is 0 Å². The molecule has 212 valence electrons. The van der Waals surface area contributed by atoms with Crippen LogP contribution in [-0.4, -0.2) is 53.9 Å². The molecule has 0 saturated heterocycles. The third-order valence-corrected chi connectivity index (χ3v) is 7.91. The highest BCUT2D eigenvalue weighted by atomic mass is 19.1. The molecule has 2 amide bonds. The molecule has 4 rings (SSSR count). The first-order valence-electron chi connectivity index (χ1n) is 14.3. The van der Waals surface area contributed by atoms with E-state index in [1.807, 2.05) is 17.0 Å². The standard InChI is InChI=1S/C31H41FN2O5/c1-22-8-5-11-24(29(22)30(35)36)21-39-28-15-7-14-27(19-28)38-17-16-34(20-23-9-3-2-4-10-23)31(37)33-26-13-6-12-25(32)18-26/h5-6,8,11-13,18,23,27-28H,2-4,7,9-10,14-17,19-21H2,1H3,(H,33,37)(H,35,36)/t27-,28+/m1/s1. The van der Waals surface area contributed by atoms with Crippen molar-refractivity contribution < 1.29 is 28.6 Å². The molecule has 2 aromatic rings. The molecule has 0 spiro atoms. The molecule has 2 atom stereocenters. The Kier molecular flexibility index (Phi) is 10.7. The second-order valence-corrected chi connectivity index (χ2v) is 10.9. The first-order valence-corrected chi connectivity index (χ1v) is 14.3. The lowest BCUT2D eigenvalue weighted by Gasteiger charge is -2.32. The number of hydrogen-bond acceptors (Lipinski definition) is 4. The summed E-state index contributed by atoms with van der Waals surface area (Å²) in [5, 5.41) is 12.4. The minimum absolute atomic E-state index is 0.000486. The molecule has 0 aromatic heterocycles. The van der Waals surface area contributed by atoms with Gasteiger partial charge in [0.2, 0.25) is 0 Å². The number of nitrogens with zero attached hydrogens (tertiary/aromatic N) is 1.